The quantitative estimate of drug-likeness (QED) is 0.546. The average molecular weight is 377 g/mol. The summed E-state index contributed by atoms with van der Waals surface area (Å²) in [7, 11) is 1.56. The van der Waals surface area contributed by atoms with Crippen LogP contribution in [-0.4, -0.2) is 34.1 Å². The summed E-state index contributed by atoms with van der Waals surface area (Å²) in [6, 6.07) is 10.6. The number of benzene rings is 2. The maximum Gasteiger partial charge on any atom is 0.266 e. The molecule has 0 bridgehead atoms. The lowest BCUT2D eigenvalue weighted by molar-refractivity contribution is 0.322. The number of hydrogen-bond donors (Lipinski definition) is 1. The molecule has 0 aliphatic carbocycles. The van der Waals surface area contributed by atoms with Gasteiger partial charge in [-0.05, 0) is 42.8 Å². The van der Waals surface area contributed by atoms with Crippen LogP contribution in [0.2, 0.25) is 5.02 Å². The lowest BCUT2D eigenvalue weighted by Gasteiger charge is -2.16. The number of fused-ring (bicyclic) bond motifs is 1. The first kappa shape index (κ1) is 17.8. The standard InChI is InChI=1S/C18H17ClN2O3S/c1-11-3-6-16(24-2)15(9-11)21-17(23)13-5-4-12(19)10-14(13)20-18(21)25-8-7-22/h3-6,9-10,22H,7-8H2,1-2H3. The van der Waals surface area contributed by atoms with Gasteiger partial charge in [0.25, 0.3) is 5.56 Å². The summed E-state index contributed by atoms with van der Waals surface area (Å²) in [5, 5.41) is 10.7. The molecule has 0 radical (unpaired) electrons. The van der Waals surface area contributed by atoms with Gasteiger partial charge in [-0.2, -0.15) is 0 Å². The number of nitrogens with zero attached hydrogens (tertiary/aromatic N) is 2. The smallest absolute Gasteiger partial charge is 0.266 e. The highest BCUT2D eigenvalue weighted by Crippen LogP contribution is 2.28. The summed E-state index contributed by atoms with van der Waals surface area (Å²) in [5.74, 6) is 1.00. The van der Waals surface area contributed by atoms with Crippen LogP contribution in [0.3, 0.4) is 0 Å². The number of aliphatic hydroxyl groups is 1. The highest BCUT2D eigenvalue weighted by Gasteiger charge is 2.17. The second-order valence-electron chi connectivity index (χ2n) is 5.44. The summed E-state index contributed by atoms with van der Waals surface area (Å²) in [6.45, 7) is 1.93. The van der Waals surface area contributed by atoms with Crippen molar-refractivity contribution in [3.05, 3.63) is 57.3 Å². The Bertz CT molecular complexity index is 988. The molecule has 0 saturated heterocycles. The van der Waals surface area contributed by atoms with Crippen LogP contribution in [0, 0.1) is 6.92 Å². The minimum atomic E-state index is -0.203. The molecule has 0 spiro atoms. The fourth-order valence-electron chi connectivity index (χ4n) is 2.56. The number of halogens is 1. The predicted molar refractivity (Wildman–Crippen MR) is 101 cm³/mol. The molecule has 5 nitrogen and oxygen atoms in total. The summed E-state index contributed by atoms with van der Waals surface area (Å²) in [6.07, 6.45) is 0. The van der Waals surface area contributed by atoms with E-state index in [0.717, 1.165) is 5.56 Å². The number of thioether (sulfide) groups is 1. The monoisotopic (exact) mass is 376 g/mol. The normalized spacial score (nSPS) is 11.0. The molecule has 130 valence electrons. The van der Waals surface area contributed by atoms with Gasteiger partial charge in [-0.1, -0.05) is 29.4 Å². The number of hydrogen-bond acceptors (Lipinski definition) is 5. The van der Waals surface area contributed by atoms with Crippen molar-refractivity contribution in [3.8, 4) is 11.4 Å². The molecule has 7 heteroatoms. The SMILES string of the molecule is COc1ccc(C)cc1-n1c(SCCO)nc2cc(Cl)ccc2c1=O. The van der Waals surface area contributed by atoms with Crippen LogP contribution in [0.5, 0.6) is 5.75 Å². The maximum atomic E-state index is 13.2. The summed E-state index contributed by atoms with van der Waals surface area (Å²) >= 11 is 7.34. The molecule has 3 aromatic rings. The van der Waals surface area contributed by atoms with E-state index in [-0.39, 0.29) is 12.2 Å². The first-order valence-corrected chi connectivity index (χ1v) is 9.02. The zero-order valence-corrected chi connectivity index (χ0v) is 15.4. The molecule has 0 unspecified atom stereocenters. The van der Waals surface area contributed by atoms with Gasteiger partial charge in [0.15, 0.2) is 5.16 Å². The number of ether oxygens (including phenoxy) is 1. The third-order valence-electron chi connectivity index (χ3n) is 3.70. The van der Waals surface area contributed by atoms with E-state index in [1.54, 1.807) is 25.3 Å². The topological polar surface area (TPSA) is 64.3 Å². The van der Waals surface area contributed by atoms with Crippen molar-refractivity contribution < 1.29 is 9.84 Å². The minimum absolute atomic E-state index is 0.0148. The van der Waals surface area contributed by atoms with Crippen LogP contribution in [0.1, 0.15) is 5.56 Å². The van der Waals surface area contributed by atoms with Crippen molar-refractivity contribution in [2.45, 2.75) is 12.1 Å². The Morgan fingerprint density at radius 1 is 1.28 bits per heavy atom. The Morgan fingerprint density at radius 2 is 2.08 bits per heavy atom. The molecular weight excluding hydrogens is 360 g/mol. The molecule has 2 aromatic carbocycles. The van der Waals surface area contributed by atoms with Crippen LogP contribution >= 0.6 is 23.4 Å². The molecule has 1 heterocycles. The largest absolute Gasteiger partial charge is 0.495 e. The van der Waals surface area contributed by atoms with Gasteiger partial charge in [0.1, 0.15) is 5.75 Å². The number of methoxy groups -OCH3 is 1. The molecule has 0 amide bonds. The molecule has 1 N–H and O–H groups in total. The molecule has 0 aliphatic rings. The van der Waals surface area contributed by atoms with Gasteiger partial charge in [-0.25, -0.2) is 4.98 Å². The fourth-order valence-corrected chi connectivity index (χ4v) is 3.47. The Hall–Kier alpha value is -2.02. The van der Waals surface area contributed by atoms with Crippen molar-refractivity contribution in [1.82, 2.24) is 9.55 Å². The molecule has 1 aromatic heterocycles. The van der Waals surface area contributed by atoms with Gasteiger partial charge in [0.05, 0.1) is 30.3 Å². The van der Waals surface area contributed by atoms with Gasteiger partial charge in [0, 0.05) is 10.8 Å². The maximum absolute atomic E-state index is 13.2. The zero-order chi connectivity index (χ0) is 18.0. The van der Waals surface area contributed by atoms with Crippen LogP contribution in [0.25, 0.3) is 16.6 Å². The van der Waals surface area contributed by atoms with Gasteiger partial charge >= 0.3 is 0 Å². The van der Waals surface area contributed by atoms with Gasteiger partial charge in [-0.3, -0.25) is 9.36 Å². The van der Waals surface area contributed by atoms with Crippen LogP contribution in [-0.2, 0) is 0 Å². The van der Waals surface area contributed by atoms with Crippen molar-refractivity contribution in [2.24, 2.45) is 0 Å². The van der Waals surface area contributed by atoms with Gasteiger partial charge in [-0.15, -0.1) is 0 Å². The van der Waals surface area contributed by atoms with Crippen LogP contribution in [0.15, 0.2) is 46.3 Å². The molecule has 0 aliphatic heterocycles. The lowest BCUT2D eigenvalue weighted by Crippen LogP contribution is -2.22. The van der Waals surface area contributed by atoms with E-state index in [1.807, 2.05) is 25.1 Å². The predicted octanol–water partition coefficient (Wildman–Crippen LogP) is 3.44. The number of aryl methyl sites for hydroxylation is 1. The Kier molecular flexibility index (Phi) is 5.32. The highest BCUT2D eigenvalue weighted by atomic mass is 35.5. The molecule has 3 rings (SSSR count). The van der Waals surface area contributed by atoms with Crippen LogP contribution < -0.4 is 10.3 Å². The van der Waals surface area contributed by atoms with E-state index in [4.69, 9.17) is 16.3 Å². The van der Waals surface area contributed by atoms with E-state index < -0.39 is 0 Å². The second kappa shape index (κ2) is 7.47. The first-order chi connectivity index (χ1) is 12.0. The second-order valence-corrected chi connectivity index (χ2v) is 6.94. The van der Waals surface area contributed by atoms with E-state index in [2.05, 4.69) is 4.98 Å². The van der Waals surface area contributed by atoms with Gasteiger partial charge in [0.2, 0.25) is 0 Å². The van der Waals surface area contributed by atoms with E-state index in [0.29, 0.717) is 38.3 Å². The van der Waals surface area contributed by atoms with Crippen molar-refractivity contribution in [3.63, 3.8) is 0 Å². The summed E-state index contributed by atoms with van der Waals surface area (Å²) in [4.78, 5) is 17.7. The summed E-state index contributed by atoms with van der Waals surface area (Å²) in [5.41, 5.74) is 1.95. The third kappa shape index (κ3) is 3.51. The Balaban J connectivity index is 2.36. The van der Waals surface area contributed by atoms with E-state index >= 15 is 0 Å². The Labute approximate surface area is 154 Å². The van der Waals surface area contributed by atoms with Crippen molar-refractivity contribution >= 4 is 34.3 Å². The zero-order valence-electron chi connectivity index (χ0n) is 13.8. The molecule has 0 atom stereocenters. The fraction of sp³-hybridized carbons (Fsp3) is 0.222. The molecule has 0 saturated carbocycles. The average Bonchev–Trinajstić information content (AvgIpc) is 2.59. The number of rotatable bonds is 5. The van der Waals surface area contributed by atoms with Crippen molar-refractivity contribution in [1.29, 1.82) is 0 Å². The van der Waals surface area contributed by atoms with Gasteiger partial charge < -0.3 is 9.84 Å². The Morgan fingerprint density at radius 3 is 2.80 bits per heavy atom. The third-order valence-corrected chi connectivity index (χ3v) is 4.85. The molecular formula is C18H17ClN2O3S. The minimum Gasteiger partial charge on any atom is -0.495 e. The number of aliphatic hydroxyl groups excluding tert-OH is 1. The van der Waals surface area contributed by atoms with Crippen LogP contribution in [0.4, 0.5) is 0 Å². The molecule has 25 heavy (non-hydrogen) atoms. The highest BCUT2D eigenvalue weighted by molar-refractivity contribution is 7.99. The van der Waals surface area contributed by atoms with E-state index in [9.17, 15) is 9.90 Å². The number of aromatic nitrogens is 2. The molecule has 0 fully saturated rings. The summed E-state index contributed by atoms with van der Waals surface area (Å²) < 4.78 is 6.96. The van der Waals surface area contributed by atoms with Crippen molar-refractivity contribution in [2.75, 3.05) is 19.5 Å². The van der Waals surface area contributed by atoms with E-state index in [1.165, 1.54) is 16.3 Å². The lowest BCUT2D eigenvalue weighted by atomic mass is 10.2. The first-order valence-electron chi connectivity index (χ1n) is 7.66.